The number of carbonyl (C=O) groups excluding carboxylic acids is 1. The molecule has 2 saturated carbocycles. The predicted octanol–water partition coefficient (Wildman–Crippen LogP) is 3.65. The molecule has 1 aromatic carbocycles. The summed E-state index contributed by atoms with van der Waals surface area (Å²) >= 11 is 1.57. The number of ether oxygens (including phenoxy) is 2. The largest absolute Gasteiger partial charge is 0.500 e. The highest BCUT2D eigenvalue weighted by molar-refractivity contribution is 8.00. The molecule has 0 amide bonds. The van der Waals surface area contributed by atoms with Crippen LogP contribution in [-0.2, 0) is 14.3 Å². The average Bonchev–Trinajstić information content (AvgIpc) is 3.37. The first kappa shape index (κ1) is 17.9. The number of rotatable bonds is 4. The highest BCUT2D eigenvalue weighted by Gasteiger charge is 2.83. The van der Waals surface area contributed by atoms with Gasteiger partial charge in [-0.25, -0.2) is 0 Å². The van der Waals surface area contributed by atoms with Crippen LogP contribution in [0.4, 0.5) is 0 Å². The molecule has 1 N–H and O–H groups in total. The lowest BCUT2D eigenvalue weighted by Crippen LogP contribution is -2.51. The molecule has 4 rings (SSSR count). The van der Waals surface area contributed by atoms with Crippen LogP contribution >= 0.6 is 11.8 Å². The van der Waals surface area contributed by atoms with E-state index in [1.807, 2.05) is 36.4 Å². The zero-order valence-electron chi connectivity index (χ0n) is 15.7. The first-order chi connectivity index (χ1) is 12.3. The third kappa shape index (κ3) is 2.04. The number of methoxy groups -OCH3 is 2. The van der Waals surface area contributed by atoms with E-state index in [0.29, 0.717) is 5.76 Å². The lowest BCUT2D eigenvalue weighted by Gasteiger charge is -2.46. The average molecular weight is 375 g/mol. The van der Waals surface area contributed by atoms with Gasteiger partial charge < -0.3 is 14.6 Å². The lowest BCUT2D eigenvalue weighted by atomic mass is 9.59. The van der Waals surface area contributed by atoms with Crippen molar-refractivity contribution in [1.29, 1.82) is 0 Å². The molecule has 0 aromatic heterocycles. The van der Waals surface area contributed by atoms with Crippen molar-refractivity contribution in [1.82, 2.24) is 0 Å². The van der Waals surface area contributed by atoms with Gasteiger partial charge >= 0.3 is 5.97 Å². The first-order valence-corrected chi connectivity index (χ1v) is 9.98. The maximum absolute atomic E-state index is 13.3. The summed E-state index contributed by atoms with van der Waals surface area (Å²) in [4.78, 5) is 14.3. The number of thioether (sulfide) groups is 1. The fourth-order valence-corrected chi connectivity index (χ4v) is 7.34. The number of allylic oxidation sites excluding steroid dienone is 1. The van der Waals surface area contributed by atoms with Gasteiger partial charge in [-0.3, -0.25) is 4.79 Å². The summed E-state index contributed by atoms with van der Waals surface area (Å²) in [5.41, 5.74) is -1.46. The van der Waals surface area contributed by atoms with Crippen LogP contribution in [0.25, 0.3) is 0 Å². The number of hydrogen-bond donors (Lipinski definition) is 1. The zero-order chi connectivity index (χ0) is 18.7. The predicted molar refractivity (Wildman–Crippen MR) is 101 cm³/mol. The minimum Gasteiger partial charge on any atom is -0.500 e. The summed E-state index contributed by atoms with van der Waals surface area (Å²) in [6, 6.07) is 9.96. The SMILES string of the molecule is COC(=O)[C@@]12C(OC)=CC(C)(C)[C@@H]([C@H](O)[C@H]1Sc1ccccc1)C21CC1. The van der Waals surface area contributed by atoms with E-state index in [4.69, 9.17) is 9.47 Å². The Morgan fingerprint density at radius 3 is 2.38 bits per heavy atom. The smallest absolute Gasteiger partial charge is 0.321 e. The summed E-state index contributed by atoms with van der Waals surface area (Å²) in [7, 11) is 3.06. The Morgan fingerprint density at radius 1 is 1.19 bits per heavy atom. The van der Waals surface area contributed by atoms with Crippen molar-refractivity contribution < 1.29 is 19.4 Å². The number of esters is 1. The van der Waals surface area contributed by atoms with Gasteiger partial charge in [0.1, 0.15) is 11.2 Å². The molecule has 3 aliphatic rings. The molecule has 140 valence electrons. The second-order valence-electron chi connectivity index (χ2n) is 8.31. The molecule has 4 atom stereocenters. The number of benzene rings is 1. The van der Waals surface area contributed by atoms with E-state index in [1.165, 1.54) is 7.11 Å². The molecule has 0 saturated heterocycles. The van der Waals surface area contributed by atoms with Gasteiger partial charge in [-0.2, -0.15) is 0 Å². The second kappa shape index (κ2) is 5.77. The van der Waals surface area contributed by atoms with Gasteiger partial charge in [0.05, 0.1) is 25.6 Å². The molecule has 3 aliphatic carbocycles. The lowest BCUT2D eigenvalue weighted by molar-refractivity contribution is -0.157. The molecule has 0 heterocycles. The monoisotopic (exact) mass is 374 g/mol. The van der Waals surface area contributed by atoms with Crippen molar-refractivity contribution in [3.05, 3.63) is 42.2 Å². The second-order valence-corrected chi connectivity index (χ2v) is 9.52. The van der Waals surface area contributed by atoms with E-state index >= 15 is 0 Å². The van der Waals surface area contributed by atoms with Gasteiger partial charge in [0.2, 0.25) is 0 Å². The molecule has 2 fully saturated rings. The Kier molecular flexibility index (Phi) is 3.98. The Labute approximate surface area is 159 Å². The van der Waals surface area contributed by atoms with Gasteiger partial charge in [0.15, 0.2) is 0 Å². The van der Waals surface area contributed by atoms with Crippen LogP contribution < -0.4 is 0 Å². The number of aliphatic hydroxyl groups excluding tert-OH is 1. The molecule has 4 nitrogen and oxygen atoms in total. The number of carbonyl (C=O) groups is 1. The maximum atomic E-state index is 13.3. The minimum atomic E-state index is -0.934. The van der Waals surface area contributed by atoms with Gasteiger partial charge in [0, 0.05) is 16.2 Å². The van der Waals surface area contributed by atoms with Crippen LogP contribution in [0.15, 0.2) is 47.1 Å². The van der Waals surface area contributed by atoms with Crippen LogP contribution in [0.2, 0.25) is 0 Å². The van der Waals surface area contributed by atoms with E-state index in [-0.39, 0.29) is 28.0 Å². The summed E-state index contributed by atoms with van der Waals surface area (Å²) in [5.74, 6) is 0.385. The third-order valence-electron chi connectivity index (χ3n) is 6.67. The van der Waals surface area contributed by atoms with Crippen LogP contribution in [0.3, 0.4) is 0 Å². The van der Waals surface area contributed by atoms with E-state index in [9.17, 15) is 9.90 Å². The van der Waals surface area contributed by atoms with Crippen molar-refractivity contribution >= 4 is 17.7 Å². The van der Waals surface area contributed by atoms with E-state index in [1.54, 1.807) is 18.9 Å². The summed E-state index contributed by atoms with van der Waals surface area (Å²) in [6.07, 6.45) is 3.27. The van der Waals surface area contributed by atoms with Crippen molar-refractivity contribution in [2.45, 2.75) is 42.9 Å². The van der Waals surface area contributed by atoms with Gasteiger partial charge in [-0.05, 0) is 36.5 Å². The standard InChI is InChI=1S/C21H26O4S/c1-19(2)12-14(24-3)21(18(23)25-4)17(26-13-8-6-5-7-9-13)15(22)16(19)20(21)10-11-20/h5-9,12,15-17,22H,10-11H2,1-4H3/t15-,16+,17+,21+/m0/s1. The van der Waals surface area contributed by atoms with Crippen LogP contribution in [-0.4, -0.2) is 36.6 Å². The van der Waals surface area contributed by atoms with E-state index < -0.39 is 11.5 Å². The van der Waals surface area contributed by atoms with Crippen molar-refractivity contribution in [3.63, 3.8) is 0 Å². The van der Waals surface area contributed by atoms with Gasteiger partial charge in [-0.1, -0.05) is 32.0 Å². The molecule has 0 aliphatic heterocycles. The maximum Gasteiger partial charge on any atom is 0.321 e. The summed E-state index contributed by atoms with van der Waals surface area (Å²) < 4.78 is 11.1. The molecule has 5 heteroatoms. The molecule has 1 spiro atoms. The van der Waals surface area contributed by atoms with Gasteiger partial charge in [-0.15, -0.1) is 11.8 Å². The van der Waals surface area contributed by atoms with E-state index in [0.717, 1.165) is 17.7 Å². The quantitative estimate of drug-likeness (QED) is 0.816. The Balaban J connectivity index is 1.92. The first-order valence-electron chi connectivity index (χ1n) is 9.10. The Bertz CT molecular complexity index is 753. The zero-order valence-corrected chi connectivity index (χ0v) is 16.5. The van der Waals surface area contributed by atoms with Crippen molar-refractivity contribution in [2.75, 3.05) is 14.2 Å². The molecule has 1 aromatic rings. The molecule has 2 bridgehead atoms. The van der Waals surface area contributed by atoms with Crippen LogP contribution in [0, 0.1) is 22.2 Å². The Morgan fingerprint density at radius 2 is 1.85 bits per heavy atom. The minimum absolute atomic E-state index is 0.00853. The third-order valence-corrected chi connectivity index (χ3v) is 8.11. The fraction of sp³-hybridized carbons (Fsp3) is 0.571. The molecular weight excluding hydrogens is 348 g/mol. The topological polar surface area (TPSA) is 55.8 Å². The highest BCUT2D eigenvalue weighted by atomic mass is 32.2. The number of aliphatic hydroxyl groups is 1. The number of hydrogen-bond acceptors (Lipinski definition) is 5. The van der Waals surface area contributed by atoms with Crippen molar-refractivity contribution in [2.24, 2.45) is 22.2 Å². The van der Waals surface area contributed by atoms with E-state index in [2.05, 4.69) is 13.8 Å². The summed E-state index contributed by atoms with van der Waals surface area (Å²) in [5, 5.41) is 11.1. The normalized spacial score (nSPS) is 35.7. The molecular formula is C21H26O4S. The molecule has 0 radical (unpaired) electrons. The summed E-state index contributed by atoms with van der Waals surface area (Å²) in [6.45, 7) is 4.27. The van der Waals surface area contributed by atoms with Crippen LogP contribution in [0.1, 0.15) is 26.7 Å². The van der Waals surface area contributed by atoms with Crippen molar-refractivity contribution in [3.8, 4) is 0 Å². The molecule has 26 heavy (non-hydrogen) atoms. The van der Waals surface area contributed by atoms with Crippen LogP contribution in [0.5, 0.6) is 0 Å². The molecule has 0 unspecified atom stereocenters. The van der Waals surface area contributed by atoms with Gasteiger partial charge in [0.25, 0.3) is 0 Å². The fourth-order valence-electron chi connectivity index (χ4n) is 5.81. The Hall–Kier alpha value is -1.46. The highest BCUT2D eigenvalue weighted by Crippen LogP contribution is 2.80.